The Labute approximate surface area is 116 Å². The molecule has 1 fully saturated rings. The fraction of sp³-hybridized carbons (Fsp3) is 0.929. The Morgan fingerprint density at radius 3 is 2.84 bits per heavy atom. The summed E-state index contributed by atoms with van der Waals surface area (Å²) < 4.78 is 5.23. The maximum absolute atomic E-state index is 12.0. The van der Waals surface area contributed by atoms with Crippen LogP contribution in [-0.4, -0.2) is 60.9 Å². The summed E-state index contributed by atoms with van der Waals surface area (Å²) in [5.41, 5.74) is 0. The second-order valence-electron chi connectivity index (χ2n) is 5.30. The number of amides is 1. The Kier molecular flexibility index (Phi) is 7.34. The van der Waals surface area contributed by atoms with Crippen LogP contribution < -0.4 is 5.32 Å². The fourth-order valence-electron chi connectivity index (χ4n) is 2.40. The smallest absolute Gasteiger partial charge is 0.237 e. The van der Waals surface area contributed by atoms with E-state index in [-0.39, 0.29) is 18.1 Å². The van der Waals surface area contributed by atoms with Gasteiger partial charge in [-0.25, -0.2) is 0 Å². The van der Waals surface area contributed by atoms with E-state index in [0.717, 1.165) is 32.5 Å². The zero-order valence-electron chi connectivity index (χ0n) is 12.4. The van der Waals surface area contributed by atoms with Gasteiger partial charge in [0.05, 0.1) is 12.1 Å². The Bertz CT molecular complexity index is 271. The third-order valence-electron chi connectivity index (χ3n) is 3.83. The highest BCUT2D eigenvalue weighted by molar-refractivity contribution is 5.81. The summed E-state index contributed by atoms with van der Waals surface area (Å²) in [6, 6.07) is -0.115. The first-order valence-corrected chi connectivity index (χ1v) is 7.33. The lowest BCUT2D eigenvalue weighted by Crippen LogP contribution is -2.44. The molecule has 0 spiro atoms. The van der Waals surface area contributed by atoms with Crippen LogP contribution in [0.2, 0.25) is 0 Å². The molecule has 2 N–H and O–H groups in total. The van der Waals surface area contributed by atoms with E-state index in [1.54, 1.807) is 0 Å². The second kappa shape index (κ2) is 8.51. The van der Waals surface area contributed by atoms with Gasteiger partial charge in [-0.15, -0.1) is 0 Å². The van der Waals surface area contributed by atoms with E-state index in [4.69, 9.17) is 4.74 Å². The Morgan fingerprint density at radius 1 is 1.53 bits per heavy atom. The molecule has 1 aliphatic rings. The molecule has 19 heavy (non-hydrogen) atoms. The molecule has 0 aromatic rings. The van der Waals surface area contributed by atoms with Crippen molar-refractivity contribution < 1.29 is 14.6 Å². The van der Waals surface area contributed by atoms with Gasteiger partial charge in [-0.3, -0.25) is 9.69 Å². The number of likely N-dealkylation sites (tertiary alicyclic amines) is 1. The summed E-state index contributed by atoms with van der Waals surface area (Å²) in [7, 11) is 0. The van der Waals surface area contributed by atoms with Crippen molar-refractivity contribution in [2.75, 3.05) is 32.8 Å². The van der Waals surface area contributed by atoms with E-state index >= 15 is 0 Å². The zero-order valence-corrected chi connectivity index (χ0v) is 12.4. The Hall–Kier alpha value is -0.650. The molecular formula is C14H28N2O3. The molecule has 0 bridgehead atoms. The molecule has 0 radical (unpaired) electrons. The van der Waals surface area contributed by atoms with Crippen molar-refractivity contribution in [1.29, 1.82) is 0 Å². The van der Waals surface area contributed by atoms with E-state index in [2.05, 4.69) is 10.2 Å². The minimum absolute atomic E-state index is 0.0720. The number of aliphatic hydroxyl groups is 1. The monoisotopic (exact) mass is 272 g/mol. The number of carbonyl (C=O) groups is 1. The number of rotatable bonds is 8. The van der Waals surface area contributed by atoms with Crippen LogP contribution in [0.25, 0.3) is 0 Å². The number of ether oxygens (including phenoxy) is 1. The van der Waals surface area contributed by atoms with Gasteiger partial charge in [-0.2, -0.15) is 0 Å². The maximum atomic E-state index is 12.0. The number of hydrogen-bond donors (Lipinski definition) is 2. The lowest BCUT2D eigenvalue weighted by atomic mass is 10.0. The van der Waals surface area contributed by atoms with Gasteiger partial charge in [0, 0.05) is 26.3 Å². The largest absolute Gasteiger partial charge is 0.393 e. The predicted molar refractivity (Wildman–Crippen MR) is 74.9 cm³/mol. The van der Waals surface area contributed by atoms with Gasteiger partial charge in [0.15, 0.2) is 0 Å². The van der Waals surface area contributed by atoms with Crippen LogP contribution in [0.1, 0.15) is 33.6 Å². The van der Waals surface area contributed by atoms with Crippen LogP contribution in [-0.2, 0) is 9.53 Å². The highest BCUT2D eigenvalue weighted by Gasteiger charge is 2.31. The summed E-state index contributed by atoms with van der Waals surface area (Å²) in [5.74, 6) is 0.371. The van der Waals surface area contributed by atoms with Crippen molar-refractivity contribution in [3.63, 3.8) is 0 Å². The average molecular weight is 272 g/mol. The Balaban J connectivity index is 2.21. The van der Waals surface area contributed by atoms with Crippen LogP contribution in [0, 0.1) is 5.92 Å². The molecule has 1 amide bonds. The minimum atomic E-state index is -0.286. The molecule has 1 rings (SSSR count). The molecular weight excluding hydrogens is 244 g/mol. The highest BCUT2D eigenvalue weighted by Crippen LogP contribution is 2.21. The highest BCUT2D eigenvalue weighted by atomic mass is 16.5. The van der Waals surface area contributed by atoms with Gasteiger partial charge in [0.25, 0.3) is 0 Å². The van der Waals surface area contributed by atoms with Gasteiger partial charge < -0.3 is 15.2 Å². The van der Waals surface area contributed by atoms with Gasteiger partial charge in [-0.05, 0) is 46.1 Å². The molecule has 0 aromatic heterocycles. The summed E-state index contributed by atoms with van der Waals surface area (Å²) in [6.07, 6.45) is 1.54. The average Bonchev–Trinajstić information content (AvgIpc) is 2.87. The van der Waals surface area contributed by atoms with Crippen LogP contribution in [0.4, 0.5) is 0 Å². The van der Waals surface area contributed by atoms with Crippen LogP contribution in [0.3, 0.4) is 0 Å². The van der Waals surface area contributed by atoms with Crippen molar-refractivity contribution in [2.24, 2.45) is 5.92 Å². The first kappa shape index (κ1) is 16.4. The summed E-state index contributed by atoms with van der Waals surface area (Å²) >= 11 is 0. The molecule has 5 nitrogen and oxygen atoms in total. The predicted octanol–water partition coefficient (Wildman–Crippen LogP) is 0.620. The summed E-state index contributed by atoms with van der Waals surface area (Å²) in [6.45, 7) is 9.50. The van der Waals surface area contributed by atoms with E-state index in [1.807, 2.05) is 20.8 Å². The normalized spacial score (nSPS) is 23.3. The van der Waals surface area contributed by atoms with Crippen LogP contribution in [0.15, 0.2) is 0 Å². The number of carbonyl (C=O) groups excluding carboxylic acids is 1. The molecule has 0 aromatic carbocycles. The first-order valence-electron chi connectivity index (χ1n) is 7.33. The molecule has 3 atom stereocenters. The zero-order chi connectivity index (χ0) is 14.3. The van der Waals surface area contributed by atoms with Crippen molar-refractivity contribution in [1.82, 2.24) is 10.2 Å². The molecule has 5 heteroatoms. The van der Waals surface area contributed by atoms with Crippen molar-refractivity contribution >= 4 is 5.91 Å². The van der Waals surface area contributed by atoms with Crippen molar-refractivity contribution in [3.05, 3.63) is 0 Å². The molecule has 1 aliphatic heterocycles. The fourth-order valence-corrected chi connectivity index (χ4v) is 2.40. The van der Waals surface area contributed by atoms with E-state index in [0.29, 0.717) is 19.1 Å². The lowest BCUT2D eigenvalue weighted by Gasteiger charge is -2.24. The number of hydrogen-bond acceptors (Lipinski definition) is 4. The van der Waals surface area contributed by atoms with E-state index < -0.39 is 0 Å². The van der Waals surface area contributed by atoms with Crippen LogP contribution >= 0.6 is 0 Å². The molecule has 1 heterocycles. The molecule has 0 aliphatic carbocycles. The van der Waals surface area contributed by atoms with Gasteiger partial charge >= 0.3 is 0 Å². The number of aliphatic hydroxyl groups excluding tert-OH is 1. The van der Waals surface area contributed by atoms with E-state index in [9.17, 15) is 9.90 Å². The third kappa shape index (κ3) is 5.47. The Morgan fingerprint density at radius 2 is 2.26 bits per heavy atom. The minimum Gasteiger partial charge on any atom is -0.393 e. The number of nitrogens with one attached hydrogen (secondary N) is 1. The molecule has 1 saturated heterocycles. The van der Waals surface area contributed by atoms with Crippen molar-refractivity contribution in [2.45, 2.75) is 45.8 Å². The SMILES string of the molecule is CCOCCCNC(=O)C(C)N1CCC(C(C)O)C1. The number of nitrogens with zero attached hydrogens (tertiary/aromatic N) is 1. The quantitative estimate of drug-likeness (QED) is 0.636. The first-order chi connectivity index (χ1) is 9.06. The van der Waals surface area contributed by atoms with Crippen LogP contribution in [0.5, 0.6) is 0 Å². The van der Waals surface area contributed by atoms with Crippen molar-refractivity contribution in [3.8, 4) is 0 Å². The van der Waals surface area contributed by atoms with Gasteiger partial charge in [0.1, 0.15) is 0 Å². The molecule has 0 saturated carbocycles. The summed E-state index contributed by atoms with van der Waals surface area (Å²) in [4.78, 5) is 14.1. The lowest BCUT2D eigenvalue weighted by molar-refractivity contribution is -0.125. The molecule has 3 unspecified atom stereocenters. The topological polar surface area (TPSA) is 61.8 Å². The molecule has 112 valence electrons. The third-order valence-corrected chi connectivity index (χ3v) is 3.83. The van der Waals surface area contributed by atoms with Gasteiger partial charge in [0.2, 0.25) is 5.91 Å². The summed E-state index contributed by atoms with van der Waals surface area (Å²) in [5, 5.41) is 12.5. The second-order valence-corrected chi connectivity index (χ2v) is 5.30. The van der Waals surface area contributed by atoms with E-state index in [1.165, 1.54) is 0 Å². The maximum Gasteiger partial charge on any atom is 0.237 e. The van der Waals surface area contributed by atoms with Gasteiger partial charge in [-0.1, -0.05) is 0 Å². The standard InChI is InChI=1S/C14H28N2O3/c1-4-19-9-5-7-15-14(18)11(2)16-8-6-13(10-16)12(3)17/h11-13,17H,4-10H2,1-3H3,(H,15,18).